The highest BCUT2D eigenvalue weighted by molar-refractivity contribution is 5.90. The molecule has 1 aliphatic heterocycles. The van der Waals surface area contributed by atoms with Gasteiger partial charge in [-0.1, -0.05) is 35.4 Å². The molecule has 0 unspecified atom stereocenters. The molecule has 0 bridgehead atoms. The van der Waals surface area contributed by atoms with Crippen molar-refractivity contribution in [2.45, 2.75) is 44.6 Å². The summed E-state index contributed by atoms with van der Waals surface area (Å²) in [5, 5.41) is 20.2. The molecule has 31 heavy (non-hydrogen) atoms. The maximum Gasteiger partial charge on any atom is 0.338 e. The van der Waals surface area contributed by atoms with E-state index < -0.39 is 49.3 Å². The Kier molecular flexibility index (Phi) is 7.40. The van der Waals surface area contributed by atoms with Gasteiger partial charge in [-0.05, 0) is 38.1 Å². The molecule has 8 nitrogen and oxygen atoms in total. The molecule has 1 saturated heterocycles. The minimum absolute atomic E-state index is 0.266. The van der Waals surface area contributed by atoms with Gasteiger partial charge >= 0.3 is 11.9 Å². The number of carbonyl (C=O) groups excluding carboxylic acids is 2. The van der Waals surface area contributed by atoms with Gasteiger partial charge in [-0.15, -0.1) is 0 Å². The summed E-state index contributed by atoms with van der Waals surface area (Å²) < 4.78 is 21.8. The Morgan fingerprint density at radius 3 is 1.74 bits per heavy atom. The largest absolute Gasteiger partial charge is 0.452 e. The van der Waals surface area contributed by atoms with Crippen molar-refractivity contribution in [2.24, 2.45) is 0 Å². The first-order chi connectivity index (χ1) is 14.8. The van der Waals surface area contributed by atoms with Crippen LogP contribution >= 0.6 is 0 Å². The fourth-order valence-electron chi connectivity index (χ4n) is 3.25. The van der Waals surface area contributed by atoms with Gasteiger partial charge in [-0.25, -0.2) is 9.59 Å². The summed E-state index contributed by atoms with van der Waals surface area (Å²) in [4.78, 5) is 25.4. The van der Waals surface area contributed by atoms with E-state index in [4.69, 9.17) is 18.9 Å². The van der Waals surface area contributed by atoms with Gasteiger partial charge in [0.1, 0.15) is 12.2 Å². The van der Waals surface area contributed by atoms with Crippen molar-refractivity contribution in [3.05, 3.63) is 70.8 Å². The van der Waals surface area contributed by atoms with Crippen LogP contribution in [-0.4, -0.2) is 66.6 Å². The fraction of sp³-hybridized carbons (Fsp3) is 0.391. The van der Waals surface area contributed by atoms with Crippen molar-refractivity contribution in [1.82, 2.24) is 0 Å². The Balaban J connectivity index is 1.85. The van der Waals surface area contributed by atoms with Gasteiger partial charge in [0.2, 0.25) is 0 Å². The number of ether oxygens (including phenoxy) is 4. The molecule has 0 aromatic heterocycles. The van der Waals surface area contributed by atoms with Gasteiger partial charge in [0.05, 0.1) is 17.7 Å². The number of methoxy groups -OCH3 is 1. The standard InChI is InChI=1S/C23H26O8/c1-13-4-8-15(9-5-13)21(26)30-19-18(25)17(12-24)29-23(28-3)20(19)31-22(27)16-10-6-14(2)7-11-16/h4-11,17-20,23-25H,12H2,1-3H3/t17-,18-,19+,20-,23-/m1/s1. The Morgan fingerprint density at radius 2 is 1.32 bits per heavy atom. The number of rotatable bonds is 6. The second kappa shape index (κ2) is 10.0. The van der Waals surface area contributed by atoms with Gasteiger partial charge in [0.25, 0.3) is 0 Å². The van der Waals surface area contributed by atoms with Crippen LogP contribution in [-0.2, 0) is 18.9 Å². The lowest BCUT2D eigenvalue weighted by Crippen LogP contribution is -2.61. The maximum absolute atomic E-state index is 12.7. The number of hydrogen-bond donors (Lipinski definition) is 2. The Bertz CT molecular complexity index is 893. The summed E-state index contributed by atoms with van der Waals surface area (Å²) in [6.07, 6.45) is -6.27. The Hall–Kier alpha value is -2.78. The normalized spacial score (nSPS) is 25.6. The van der Waals surface area contributed by atoms with E-state index in [9.17, 15) is 19.8 Å². The zero-order valence-electron chi connectivity index (χ0n) is 17.6. The van der Waals surface area contributed by atoms with E-state index in [1.54, 1.807) is 48.5 Å². The molecule has 1 fully saturated rings. The summed E-state index contributed by atoms with van der Waals surface area (Å²) in [6.45, 7) is 3.22. The van der Waals surface area contributed by atoms with E-state index in [0.29, 0.717) is 0 Å². The van der Waals surface area contributed by atoms with Crippen molar-refractivity contribution in [2.75, 3.05) is 13.7 Å². The van der Waals surface area contributed by atoms with Crippen molar-refractivity contribution < 1.29 is 38.7 Å². The molecule has 0 saturated carbocycles. The molecule has 2 aromatic carbocycles. The molecule has 2 N–H and O–H groups in total. The summed E-state index contributed by atoms with van der Waals surface area (Å²) in [5.41, 5.74) is 2.48. The van der Waals surface area contributed by atoms with Crippen molar-refractivity contribution >= 4 is 11.9 Å². The summed E-state index contributed by atoms with van der Waals surface area (Å²) >= 11 is 0. The van der Waals surface area contributed by atoms with Crippen LogP contribution in [0.25, 0.3) is 0 Å². The minimum Gasteiger partial charge on any atom is -0.452 e. The minimum atomic E-state index is -1.44. The van der Waals surface area contributed by atoms with E-state index in [0.717, 1.165) is 11.1 Å². The highest BCUT2D eigenvalue weighted by Gasteiger charge is 2.50. The third-order valence-electron chi connectivity index (χ3n) is 5.09. The van der Waals surface area contributed by atoms with Gasteiger partial charge in [-0.2, -0.15) is 0 Å². The molecule has 0 amide bonds. The molecular formula is C23H26O8. The highest BCUT2D eigenvalue weighted by Crippen LogP contribution is 2.28. The number of hydrogen-bond acceptors (Lipinski definition) is 8. The van der Waals surface area contributed by atoms with Gasteiger partial charge in [0, 0.05) is 7.11 Å². The molecule has 5 atom stereocenters. The van der Waals surface area contributed by atoms with Crippen LogP contribution in [0.2, 0.25) is 0 Å². The van der Waals surface area contributed by atoms with E-state index in [-0.39, 0.29) is 11.1 Å². The quantitative estimate of drug-likeness (QED) is 0.667. The smallest absolute Gasteiger partial charge is 0.338 e. The maximum atomic E-state index is 12.7. The topological polar surface area (TPSA) is 112 Å². The van der Waals surface area contributed by atoms with E-state index in [1.807, 2.05) is 13.8 Å². The number of carbonyl (C=O) groups is 2. The Morgan fingerprint density at radius 1 is 0.871 bits per heavy atom. The summed E-state index contributed by atoms with van der Waals surface area (Å²) in [6, 6.07) is 13.4. The molecule has 3 rings (SSSR count). The van der Waals surface area contributed by atoms with E-state index in [1.165, 1.54) is 7.11 Å². The van der Waals surface area contributed by atoms with Gasteiger partial charge in [-0.3, -0.25) is 0 Å². The highest BCUT2D eigenvalue weighted by atomic mass is 16.7. The van der Waals surface area contributed by atoms with Gasteiger partial charge < -0.3 is 29.2 Å². The lowest BCUT2D eigenvalue weighted by molar-refractivity contribution is -0.292. The van der Waals surface area contributed by atoms with Crippen molar-refractivity contribution in [3.8, 4) is 0 Å². The zero-order valence-corrected chi connectivity index (χ0v) is 17.6. The number of esters is 2. The van der Waals surface area contributed by atoms with Crippen LogP contribution in [0.1, 0.15) is 31.8 Å². The van der Waals surface area contributed by atoms with Crippen LogP contribution in [0.15, 0.2) is 48.5 Å². The number of aryl methyl sites for hydroxylation is 2. The predicted octanol–water partition coefficient (Wildman–Crippen LogP) is 1.78. The van der Waals surface area contributed by atoms with Crippen LogP contribution < -0.4 is 0 Å². The second-order valence-corrected chi connectivity index (χ2v) is 7.42. The Labute approximate surface area is 180 Å². The lowest BCUT2D eigenvalue weighted by Gasteiger charge is -2.42. The fourth-order valence-corrected chi connectivity index (χ4v) is 3.25. The van der Waals surface area contributed by atoms with Crippen LogP contribution in [0.5, 0.6) is 0 Å². The lowest BCUT2D eigenvalue weighted by atomic mass is 9.98. The molecule has 1 heterocycles. The summed E-state index contributed by atoms with van der Waals surface area (Å²) in [5.74, 6) is -1.41. The monoisotopic (exact) mass is 430 g/mol. The van der Waals surface area contributed by atoms with E-state index in [2.05, 4.69) is 0 Å². The molecule has 8 heteroatoms. The number of aliphatic hydroxyl groups is 2. The molecule has 2 aromatic rings. The van der Waals surface area contributed by atoms with Crippen LogP contribution in [0, 0.1) is 13.8 Å². The van der Waals surface area contributed by atoms with Gasteiger partial charge in [0.15, 0.2) is 18.5 Å². The first-order valence-corrected chi connectivity index (χ1v) is 9.86. The number of benzene rings is 2. The van der Waals surface area contributed by atoms with Crippen LogP contribution in [0.3, 0.4) is 0 Å². The molecular weight excluding hydrogens is 404 g/mol. The number of aliphatic hydroxyl groups excluding tert-OH is 2. The molecule has 0 aliphatic carbocycles. The predicted molar refractivity (Wildman–Crippen MR) is 110 cm³/mol. The van der Waals surface area contributed by atoms with E-state index >= 15 is 0 Å². The zero-order chi connectivity index (χ0) is 22.5. The molecule has 1 aliphatic rings. The molecule has 0 spiro atoms. The average molecular weight is 430 g/mol. The first-order valence-electron chi connectivity index (χ1n) is 9.86. The SMILES string of the molecule is CO[C@@H]1O[C@H](CO)[C@@H](O)[C@H](OC(=O)c2ccc(C)cc2)[C@H]1OC(=O)c1ccc(C)cc1. The summed E-state index contributed by atoms with van der Waals surface area (Å²) in [7, 11) is 1.32. The first kappa shape index (κ1) is 22.9. The molecule has 166 valence electrons. The van der Waals surface area contributed by atoms with Crippen molar-refractivity contribution in [3.63, 3.8) is 0 Å². The third kappa shape index (κ3) is 5.29. The third-order valence-corrected chi connectivity index (χ3v) is 5.09. The average Bonchev–Trinajstić information content (AvgIpc) is 2.77. The van der Waals surface area contributed by atoms with Crippen LogP contribution in [0.4, 0.5) is 0 Å². The molecule has 0 radical (unpaired) electrons. The van der Waals surface area contributed by atoms with Crippen molar-refractivity contribution in [1.29, 1.82) is 0 Å². The second-order valence-electron chi connectivity index (χ2n) is 7.42.